The van der Waals surface area contributed by atoms with Crippen LogP contribution in [-0.2, 0) is 0 Å². The second-order valence-electron chi connectivity index (χ2n) is 5.55. The zero-order valence-corrected chi connectivity index (χ0v) is 12.5. The van der Waals surface area contributed by atoms with Gasteiger partial charge in [-0.1, -0.05) is 6.07 Å². The molecule has 2 aromatic rings. The summed E-state index contributed by atoms with van der Waals surface area (Å²) in [6, 6.07) is 9.93. The first kappa shape index (κ1) is 14.9. The van der Waals surface area contributed by atoms with Crippen molar-refractivity contribution in [3.63, 3.8) is 0 Å². The first-order valence-corrected chi connectivity index (χ1v) is 7.50. The molecule has 1 atom stereocenters. The van der Waals surface area contributed by atoms with Crippen molar-refractivity contribution in [1.82, 2.24) is 9.88 Å². The predicted molar refractivity (Wildman–Crippen MR) is 82.8 cm³/mol. The van der Waals surface area contributed by atoms with Gasteiger partial charge in [-0.05, 0) is 31.2 Å². The first-order chi connectivity index (χ1) is 10.6. The molecular weight excluding hydrogens is 284 g/mol. The molecule has 1 saturated heterocycles. The number of hydrogen-bond acceptors (Lipinski definition) is 3. The van der Waals surface area contributed by atoms with E-state index in [1.807, 2.05) is 23.1 Å². The van der Waals surface area contributed by atoms with Crippen LogP contribution in [0.3, 0.4) is 0 Å². The molecule has 0 saturated carbocycles. The highest BCUT2D eigenvalue weighted by Gasteiger charge is 2.24. The van der Waals surface area contributed by atoms with Gasteiger partial charge in [0, 0.05) is 44.5 Å². The molecule has 0 aliphatic carbocycles. The molecule has 116 valence electrons. The van der Waals surface area contributed by atoms with E-state index in [1.54, 1.807) is 6.20 Å². The Morgan fingerprint density at radius 1 is 1.05 bits per heavy atom. The monoisotopic (exact) mass is 303 g/mol. The summed E-state index contributed by atoms with van der Waals surface area (Å²) in [5.41, 5.74) is 1.52. The number of aromatic nitrogens is 1. The van der Waals surface area contributed by atoms with Crippen molar-refractivity contribution < 1.29 is 8.78 Å². The second-order valence-corrected chi connectivity index (χ2v) is 5.55. The van der Waals surface area contributed by atoms with E-state index in [0.29, 0.717) is 5.69 Å². The quantitative estimate of drug-likeness (QED) is 0.868. The van der Waals surface area contributed by atoms with E-state index in [2.05, 4.69) is 16.8 Å². The van der Waals surface area contributed by atoms with E-state index < -0.39 is 11.6 Å². The topological polar surface area (TPSA) is 19.4 Å². The van der Waals surface area contributed by atoms with E-state index in [4.69, 9.17) is 0 Å². The van der Waals surface area contributed by atoms with Crippen molar-refractivity contribution in [2.45, 2.75) is 13.0 Å². The molecule has 3 rings (SSSR count). The fourth-order valence-corrected chi connectivity index (χ4v) is 2.90. The van der Waals surface area contributed by atoms with Crippen LogP contribution in [0.2, 0.25) is 0 Å². The summed E-state index contributed by atoms with van der Waals surface area (Å²) in [6.45, 7) is 5.24. The highest BCUT2D eigenvalue weighted by atomic mass is 19.1. The lowest BCUT2D eigenvalue weighted by Gasteiger charge is -2.39. The maximum absolute atomic E-state index is 13.9. The minimum absolute atomic E-state index is 0.237. The molecule has 1 aromatic heterocycles. The molecule has 0 amide bonds. The summed E-state index contributed by atoms with van der Waals surface area (Å²) < 4.78 is 26.8. The van der Waals surface area contributed by atoms with Crippen LogP contribution in [0.4, 0.5) is 14.5 Å². The standard InChI is InChI=1S/C17H19F2N3/c1-13(16-4-2-3-7-20-16)21-8-10-22(11-9-21)17-6-5-14(18)12-15(17)19/h2-7,12-13H,8-11H2,1H3. The van der Waals surface area contributed by atoms with Crippen molar-refractivity contribution in [3.8, 4) is 0 Å². The number of benzene rings is 1. The third kappa shape index (κ3) is 3.09. The summed E-state index contributed by atoms with van der Waals surface area (Å²) >= 11 is 0. The lowest BCUT2D eigenvalue weighted by atomic mass is 10.1. The zero-order chi connectivity index (χ0) is 15.5. The normalized spacial score (nSPS) is 17.5. The van der Waals surface area contributed by atoms with Gasteiger partial charge in [-0.3, -0.25) is 9.88 Å². The molecule has 1 unspecified atom stereocenters. The van der Waals surface area contributed by atoms with E-state index >= 15 is 0 Å². The number of anilines is 1. The molecule has 1 aliphatic rings. The van der Waals surface area contributed by atoms with Gasteiger partial charge in [0.05, 0.1) is 11.4 Å². The van der Waals surface area contributed by atoms with Crippen LogP contribution in [0.15, 0.2) is 42.6 Å². The van der Waals surface area contributed by atoms with Crippen LogP contribution in [0.1, 0.15) is 18.7 Å². The van der Waals surface area contributed by atoms with Gasteiger partial charge in [0.15, 0.2) is 0 Å². The maximum Gasteiger partial charge on any atom is 0.149 e. The third-order valence-electron chi connectivity index (χ3n) is 4.23. The molecule has 0 spiro atoms. The minimum atomic E-state index is -0.538. The largest absolute Gasteiger partial charge is 0.367 e. The van der Waals surface area contributed by atoms with Gasteiger partial charge in [-0.15, -0.1) is 0 Å². The van der Waals surface area contributed by atoms with Crippen molar-refractivity contribution in [3.05, 3.63) is 59.9 Å². The molecule has 1 aromatic carbocycles. The third-order valence-corrected chi connectivity index (χ3v) is 4.23. The predicted octanol–water partition coefficient (Wildman–Crippen LogP) is 3.24. The number of nitrogens with zero attached hydrogens (tertiary/aromatic N) is 3. The van der Waals surface area contributed by atoms with E-state index in [9.17, 15) is 8.78 Å². The van der Waals surface area contributed by atoms with Gasteiger partial charge in [-0.25, -0.2) is 8.78 Å². The SMILES string of the molecule is CC(c1ccccn1)N1CCN(c2ccc(F)cc2F)CC1. The average molecular weight is 303 g/mol. The van der Waals surface area contributed by atoms with Gasteiger partial charge < -0.3 is 4.90 Å². The number of halogens is 2. The lowest BCUT2D eigenvalue weighted by molar-refractivity contribution is 0.195. The Balaban J connectivity index is 1.65. The fourth-order valence-electron chi connectivity index (χ4n) is 2.90. The zero-order valence-electron chi connectivity index (χ0n) is 12.5. The maximum atomic E-state index is 13.9. The molecule has 2 heterocycles. The van der Waals surface area contributed by atoms with Crippen LogP contribution in [-0.4, -0.2) is 36.1 Å². The molecule has 0 bridgehead atoms. The molecule has 5 heteroatoms. The van der Waals surface area contributed by atoms with E-state index in [-0.39, 0.29) is 6.04 Å². The van der Waals surface area contributed by atoms with Crippen molar-refractivity contribution >= 4 is 5.69 Å². The molecule has 3 nitrogen and oxygen atoms in total. The fraction of sp³-hybridized carbons (Fsp3) is 0.353. The summed E-state index contributed by atoms with van der Waals surface area (Å²) in [5.74, 6) is -1.03. The summed E-state index contributed by atoms with van der Waals surface area (Å²) in [7, 11) is 0. The van der Waals surface area contributed by atoms with Crippen molar-refractivity contribution in [2.24, 2.45) is 0 Å². The van der Waals surface area contributed by atoms with Crippen molar-refractivity contribution in [2.75, 3.05) is 31.1 Å². The first-order valence-electron chi connectivity index (χ1n) is 7.50. The number of pyridine rings is 1. The van der Waals surface area contributed by atoms with Crippen LogP contribution < -0.4 is 4.90 Å². The number of rotatable bonds is 3. The molecule has 0 radical (unpaired) electrons. The summed E-state index contributed by atoms with van der Waals surface area (Å²) in [4.78, 5) is 8.70. The van der Waals surface area contributed by atoms with Crippen LogP contribution >= 0.6 is 0 Å². The van der Waals surface area contributed by atoms with Crippen LogP contribution in [0.5, 0.6) is 0 Å². The highest BCUT2D eigenvalue weighted by Crippen LogP contribution is 2.24. The lowest BCUT2D eigenvalue weighted by Crippen LogP contribution is -2.47. The Morgan fingerprint density at radius 3 is 2.45 bits per heavy atom. The average Bonchev–Trinajstić information content (AvgIpc) is 2.55. The Bertz CT molecular complexity index is 625. The highest BCUT2D eigenvalue weighted by molar-refractivity contribution is 5.48. The second kappa shape index (κ2) is 6.40. The molecule has 1 aliphatic heterocycles. The summed E-state index contributed by atoms with van der Waals surface area (Å²) in [5, 5.41) is 0. The van der Waals surface area contributed by atoms with Crippen molar-refractivity contribution in [1.29, 1.82) is 0 Å². The van der Waals surface area contributed by atoms with Gasteiger partial charge in [-0.2, -0.15) is 0 Å². The smallest absolute Gasteiger partial charge is 0.149 e. The minimum Gasteiger partial charge on any atom is -0.367 e. The Kier molecular flexibility index (Phi) is 4.34. The van der Waals surface area contributed by atoms with Gasteiger partial charge in [0.25, 0.3) is 0 Å². The van der Waals surface area contributed by atoms with Gasteiger partial charge >= 0.3 is 0 Å². The van der Waals surface area contributed by atoms with Crippen LogP contribution in [0, 0.1) is 11.6 Å². The Morgan fingerprint density at radius 2 is 1.82 bits per heavy atom. The summed E-state index contributed by atoms with van der Waals surface area (Å²) in [6.07, 6.45) is 1.80. The van der Waals surface area contributed by atoms with E-state index in [0.717, 1.165) is 37.9 Å². The number of piperazine rings is 1. The van der Waals surface area contributed by atoms with Crippen LogP contribution in [0.25, 0.3) is 0 Å². The van der Waals surface area contributed by atoms with E-state index in [1.165, 1.54) is 12.1 Å². The van der Waals surface area contributed by atoms with Gasteiger partial charge in [0.2, 0.25) is 0 Å². The van der Waals surface area contributed by atoms with Gasteiger partial charge in [0.1, 0.15) is 11.6 Å². The molecule has 0 N–H and O–H groups in total. The molecule has 22 heavy (non-hydrogen) atoms. The molecule has 1 fully saturated rings. The molecular formula is C17H19F2N3. The Labute approximate surface area is 129 Å². The number of hydrogen-bond donors (Lipinski definition) is 0. The Hall–Kier alpha value is -2.01.